The Morgan fingerprint density at radius 2 is 1.78 bits per heavy atom. The van der Waals surface area contributed by atoms with Crippen LogP contribution in [0.1, 0.15) is 6.42 Å². The maximum Gasteiger partial charge on any atom is 0.311 e. The van der Waals surface area contributed by atoms with E-state index in [0.29, 0.717) is 33.6 Å². The first kappa shape index (κ1) is 23.2. The number of benzene rings is 2. The Morgan fingerprint density at radius 3 is 2.47 bits per heavy atom. The number of hydrogen-bond donors (Lipinski definition) is 1. The number of nitrogens with one attached hydrogen (secondary N) is 1. The van der Waals surface area contributed by atoms with E-state index in [-0.39, 0.29) is 18.9 Å². The van der Waals surface area contributed by atoms with E-state index in [4.69, 9.17) is 30.5 Å². The van der Waals surface area contributed by atoms with Gasteiger partial charge in [0.05, 0.1) is 38.6 Å². The summed E-state index contributed by atoms with van der Waals surface area (Å²) in [6.45, 7) is -0.413. The van der Waals surface area contributed by atoms with Gasteiger partial charge in [0.1, 0.15) is 17.2 Å². The van der Waals surface area contributed by atoms with E-state index in [0.717, 1.165) is 0 Å². The molecule has 1 N–H and O–H groups in total. The fourth-order valence-electron chi connectivity index (χ4n) is 3.32. The molecule has 1 atom stereocenters. The molecular formula is C22H23ClN2O7. The standard InChI is InChI=1S/C22H23ClN2O7/c1-29-15-5-7-18(30-2)16(10-15)24-20(26)12-32-22(28)13-8-21(27)25(11-13)17-9-14(23)4-6-19(17)31-3/h4-7,9-10,13H,8,11-12H2,1-3H3,(H,24,26)/t13-/m0/s1. The van der Waals surface area contributed by atoms with Crippen LogP contribution >= 0.6 is 11.6 Å². The van der Waals surface area contributed by atoms with Crippen molar-refractivity contribution in [2.24, 2.45) is 5.92 Å². The molecule has 0 unspecified atom stereocenters. The molecule has 0 saturated carbocycles. The lowest BCUT2D eigenvalue weighted by Gasteiger charge is -2.19. The normalized spacial score (nSPS) is 15.3. The quantitative estimate of drug-likeness (QED) is 0.601. The van der Waals surface area contributed by atoms with Gasteiger partial charge in [0.15, 0.2) is 6.61 Å². The van der Waals surface area contributed by atoms with Gasteiger partial charge in [-0.2, -0.15) is 0 Å². The van der Waals surface area contributed by atoms with E-state index in [1.54, 1.807) is 36.4 Å². The van der Waals surface area contributed by atoms with Crippen molar-refractivity contribution in [3.8, 4) is 17.2 Å². The second-order valence-corrected chi connectivity index (χ2v) is 7.38. The molecule has 1 fully saturated rings. The zero-order chi connectivity index (χ0) is 23.3. The summed E-state index contributed by atoms with van der Waals surface area (Å²) in [7, 11) is 4.45. The lowest BCUT2D eigenvalue weighted by Crippen LogP contribution is -2.28. The van der Waals surface area contributed by atoms with Crippen molar-refractivity contribution in [2.75, 3.05) is 44.7 Å². The first-order chi connectivity index (χ1) is 15.4. The molecular weight excluding hydrogens is 440 g/mol. The summed E-state index contributed by atoms with van der Waals surface area (Å²) in [6.07, 6.45) is -0.0418. The summed E-state index contributed by atoms with van der Waals surface area (Å²) in [5, 5.41) is 3.05. The zero-order valence-electron chi connectivity index (χ0n) is 17.8. The van der Waals surface area contributed by atoms with Gasteiger partial charge < -0.3 is 29.2 Å². The van der Waals surface area contributed by atoms with Gasteiger partial charge in [-0.05, 0) is 30.3 Å². The molecule has 2 amide bonds. The van der Waals surface area contributed by atoms with E-state index in [2.05, 4.69) is 5.32 Å². The first-order valence-electron chi connectivity index (χ1n) is 9.68. The van der Waals surface area contributed by atoms with Gasteiger partial charge in [0, 0.05) is 24.1 Å². The third kappa shape index (κ3) is 5.23. The molecule has 2 aromatic rings. The van der Waals surface area contributed by atoms with Gasteiger partial charge in [-0.3, -0.25) is 14.4 Å². The molecule has 9 nitrogen and oxygen atoms in total. The Balaban J connectivity index is 1.60. The number of halogens is 1. The second kappa shape index (κ2) is 10.2. The molecule has 1 heterocycles. The Labute approximate surface area is 190 Å². The topological polar surface area (TPSA) is 103 Å². The van der Waals surface area contributed by atoms with Crippen LogP contribution in [0.25, 0.3) is 0 Å². The SMILES string of the molecule is COc1ccc(OC)c(NC(=O)COC(=O)[C@H]2CC(=O)N(c3cc(Cl)ccc3OC)C2)c1. The smallest absolute Gasteiger partial charge is 0.311 e. The number of esters is 1. The number of methoxy groups -OCH3 is 3. The number of nitrogens with zero attached hydrogens (tertiary/aromatic N) is 1. The molecule has 0 spiro atoms. The van der Waals surface area contributed by atoms with Crippen LogP contribution in [0.5, 0.6) is 17.2 Å². The van der Waals surface area contributed by atoms with Crippen molar-refractivity contribution in [3.63, 3.8) is 0 Å². The Hall–Kier alpha value is -3.46. The van der Waals surface area contributed by atoms with Crippen molar-refractivity contribution >= 4 is 40.8 Å². The van der Waals surface area contributed by atoms with Crippen LogP contribution in [0.3, 0.4) is 0 Å². The van der Waals surface area contributed by atoms with Gasteiger partial charge >= 0.3 is 5.97 Å². The summed E-state index contributed by atoms with van der Waals surface area (Å²) >= 11 is 6.04. The maximum atomic E-state index is 12.5. The largest absolute Gasteiger partial charge is 0.497 e. The Morgan fingerprint density at radius 1 is 1.06 bits per heavy atom. The number of amides is 2. The van der Waals surface area contributed by atoms with Crippen LogP contribution in [0.2, 0.25) is 5.02 Å². The predicted octanol–water partition coefficient (Wildman–Crippen LogP) is 2.90. The van der Waals surface area contributed by atoms with Crippen LogP contribution < -0.4 is 24.4 Å². The van der Waals surface area contributed by atoms with E-state index >= 15 is 0 Å². The molecule has 3 rings (SSSR count). The Bertz CT molecular complexity index is 1030. The van der Waals surface area contributed by atoms with Gasteiger partial charge in [-0.25, -0.2) is 0 Å². The molecule has 170 valence electrons. The summed E-state index contributed by atoms with van der Waals surface area (Å²) in [4.78, 5) is 38.7. The van der Waals surface area contributed by atoms with Crippen molar-refractivity contribution in [1.29, 1.82) is 0 Å². The highest BCUT2D eigenvalue weighted by atomic mass is 35.5. The average molecular weight is 463 g/mol. The van der Waals surface area contributed by atoms with E-state index < -0.39 is 24.4 Å². The average Bonchev–Trinajstić information content (AvgIpc) is 3.18. The lowest BCUT2D eigenvalue weighted by atomic mass is 10.1. The third-order valence-corrected chi connectivity index (χ3v) is 5.15. The summed E-state index contributed by atoms with van der Waals surface area (Å²) in [5.74, 6) is -0.763. The number of carbonyl (C=O) groups excluding carboxylic acids is 3. The van der Waals surface area contributed by atoms with Gasteiger partial charge in [0.25, 0.3) is 5.91 Å². The minimum Gasteiger partial charge on any atom is -0.497 e. The molecule has 10 heteroatoms. The molecule has 0 aliphatic carbocycles. The molecule has 0 radical (unpaired) electrons. The lowest BCUT2D eigenvalue weighted by molar-refractivity contribution is -0.151. The highest BCUT2D eigenvalue weighted by Gasteiger charge is 2.37. The van der Waals surface area contributed by atoms with Crippen LogP contribution in [0.4, 0.5) is 11.4 Å². The van der Waals surface area contributed by atoms with Crippen molar-refractivity contribution < 1.29 is 33.3 Å². The summed E-state index contributed by atoms with van der Waals surface area (Å²) in [5.41, 5.74) is 0.853. The summed E-state index contributed by atoms with van der Waals surface area (Å²) < 4.78 is 20.8. The number of rotatable bonds is 8. The van der Waals surface area contributed by atoms with E-state index in [9.17, 15) is 14.4 Å². The molecule has 32 heavy (non-hydrogen) atoms. The molecule has 2 aromatic carbocycles. The predicted molar refractivity (Wildman–Crippen MR) is 118 cm³/mol. The zero-order valence-corrected chi connectivity index (χ0v) is 18.6. The molecule has 1 aliphatic rings. The molecule has 0 aromatic heterocycles. The monoisotopic (exact) mass is 462 g/mol. The fourth-order valence-corrected chi connectivity index (χ4v) is 3.49. The number of hydrogen-bond acceptors (Lipinski definition) is 7. The van der Waals surface area contributed by atoms with Crippen LogP contribution in [-0.4, -0.2) is 52.3 Å². The van der Waals surface area contributed by atoms with Crippen LogP contribution in [0.15, 0.2) is 36.4 Å². The van der Waals surface area contributed by atoms with Crippen molar-refractivity contribution in [3.05, 3.63) is 41.4 Å². The van der Waals surface area contributed by atoms with E-state index in [1.807, 2.05) is 0 Å². The minimum absolute atomic E-state index is 0.0418. The maximum absolute atomic E-state index is 12.5. The fraction of sp³-hybridized carbons (Fsp3) is 0.318. The number of carbonyl (C=O) groups is 3. The summed E-state index contributed by atoms with van der Waals surface area (Å²) in [6, 6.07) is 9.81. The van der Waals surface area contributed by atoms with Gasteiger partial charge in [-0.15, -0.1) is 0 Å². The Kier molecular flexibility index (Phi) is 7.42. The highest BCUT2D eigenvalue weighted by molar-refractivity contribution is 6.31. The van der Waals surface area contributed by atoms with Crippen LogP contribution in [0, 0.1) is 5.92 Å². The first-order valence-corrected chi connectivity index (χ1v) is 10.1. The van der Waals surface area contributed by atoms with Crippen molar-refractivity contribution in [1.82, 2.24) is 0 Å². The van der Waals surface area contributed by atoms with E-state index in [1.165, 1.54) is 26.2 Å². The third-order valence-electron chi connectivity index (χ3n) is 4.92. The highest BCUT2D eigenvalue weighted by Crippen LogP contribution is 2.35. The molecule has 1 aliphatic heterocycles. The van der Waals surface area contributed by atoms with Gasteiger partial charge in [0.2, 0.25) is 5.91 Å². The van der Waals surface area contributed by atoms with Crippen LogP contribution in [-0.2, 0) is 19.1 Å². The van der Waals surface area contributed by atoms with Crippen molar-refractivity contribution in [2.45, 2.75) is 6.42 Å². The number of anilines is 2. The second-order valence-electron chi connectivity index (χ2n) is 6.94. The number of ether oxygens (including phenoxy) is 4. The minimum atomic E-state index is -0.717. The molecule has 0 bridgehead atoms. The van der Waals surface area contributed by atoms with Gasteiger partial charge in [-0.1, -0.05) is 11.6 Å². The molecule has 1 saturated heterocycles.